The highest BCUT2D eigenvalue weighted by atomic mass is 19.4. The number of hydrogen-bond donors (Lipinski definition) is 1. The second-order valence-corrected chi connectivity index (χ2v) is 5.79. The van der Waals surface area contributed by atoms with Crippen LogP contribution >= 0.6 is 0 Å². The van der Waals surface area contributed by atoms with E-state index >= 15 is 0 Å². The zero-order valence-corrected chi connectivity index (χ0v) is 13.1. The summed E-state index contributed by atoms with van der Waals surface area (Å²) in [6, 6.07) is 6.19. The first-order chi connectivity index (χ1) is 9.56. The molecule has 0 aliphatic rings. The molecule has 1 unspecified atom stereocenters. The van der Waals surface area contributed by atoms with E-state index in [1.807, 2.05) is 21.1 Å². The predicted octanol–water partition coefficient (Wildman–Crippen LogP) is 3.06. The van der Waals surface area contributed by atoms with Crippen LogP contribution in [0.3, 0.4) is 0 Å². The maximum absolute atomic E-state index is 12.1. The third kappa shape index (κ3) is 5.21. The third-order valence-corrected chi connectivity index (χ3v) is 3.95. The van der Waals surface area contributed by atoms with Crippen molar-refractivity contribution in [3.8, 4) is 5.75 Å². The molecule has 1 N–H and O–H groups in total. The highest BCUT2D eigenvalue weighted by Crippen LogP contribution is 2.24. The first-order valence-electron chi connectivity index (χ1n) is 6.75. The molecule has 120 valence electrons. The number of likely N-dealkylation sites (N-methyl/N-ethyl adjacent to an activating group) is 2. The topological polar surface area (TPSA) is 24.5 Å². The molecule has 1 rings (SSSR count). The van der Waals surface area contributed by atoms with Gasteiger partial charge in [0.1, 0.15) is 5.75 Å². The maximum Gasteiger partial charge on any atom is 0.573 e. The van der Waals surface area contributed by atoms with E-state index in [4.69, 9.17) is 0 Å². The number of alkyl halides is 3. The minimum Gasteiger partial charge on any atom is -0.406 e. The standard InChI is InChI=1S/C15H23F3N2O/c1-14(2,20(4)5)13(19-3)10-11-6-8-12(9-7-11)21-15(16,17)18/h6-9,13,19H,10H2,1-5H3. The Balaban J connectivity index is 2.78. The van der Waals surface area contributed by atoms with Gasteiger partial charge in [0.25, 0.3) is 0 Å². The fraction of sp³-hybridized carbons (Fsp3) is 0.600. The van der Waals surface area contributed by atoms with E-state index in [2.05, 4.69) is 28.8 Å². The molecule has 1 aromatic rings. The number of benzene rings is 1. The molecular weight excluding hydrogens is 281 g/mol. The molecule has 1 atom stereocenters. The summed E-state index contributed by atoms with van der Waals surface area (Å²) in [4.78, 5) is 2.12. The summed E-state index contributed by atoms with van der Waals surface area (Å²) in [5.41, 5.74) is 0.870. The number of hydrogen-bond acceptors (Lipinski definition) is 3. The largest absolute Gasteiger partial charge is 0.573 e. The van der Waals surface area contributed by atoms with Crippen molar-refractivity contribution >= 4 is 0 Å². The number of halogens is 3. The van der Waals surface area contributed by atoms with Gasteiger partial charge in [0.15, 0.2) is 0 Å². The van der Waals surface area contributed by atoms with Crippen molar-refractivity contribution < 1.29 is 17.9 Å². The SMILES string of the molecule is CNC(Cc1ccc(OC(F)(F)F)cc1)C(C)(C)N(C)C. The first kappa shape index (κ1) is 17.8. The van der Waals surface area contributed by atoms with Crippen LogP contribution in [-0.2, 0) is 6.42 Å². The lowest BCUT2D eigenvalue weighted by Crippen LogP contribution is -2.55. The van der Waals surface area contributed by atoms with E-state index in [9.17, 15) is 13.2 Å². The molecule has 0 heterocycles. The van der Waals surface area contributed by atoms with Gasteiger partial charge in [0.2, 0.25) is 0 Å². The summed E-state index contributed by atoms with van der Waals surface area (Å²) in [6.07, 6.45) is -3.93. The van der Waals surface area contributed by atoms with Crippen molar-refractivity contribution in [2.45, 2.75) is 38.2 Å². The normalized spacial score (nSPS) is 14.3. The number of rotatable bonds is 6. The van der Waals surface area contributed by atoms with Crippen molar-refractivity contribution in [1.82, 2.24) is 10.2 Å². The molecule has 0 saturated carbocycles. The molecule has 21 heavy (non-hydrogen) atoms. The second kappa shape index (κ2) is 6.66. The van der Waals surface area contributed by atoms with Gasteiger partial charge in [-0.25, -0.2) is 0 Å². The summed E-state index contributed by atoms with van der Waals surface area (Å²) in [7, 11) is 5.90. The van der Waals surface area contributed by atoms with Crippen LogP contribution in [0.2, 0.25) is 0 Å². The Bertz CT molecular complexity index is 441. The first-order valence-corrected chi connectivity index (χ1v) is 6.75. The Morgan fingerprint density at radius 3 is 2.05 bits per heavy atom. The van der Waals surface area contributed by atoms with E-state index in [-0.39, 0.29) is 17.3 Å². The molecule has 0 aliphatic carbocycles. The highest BCUT2D eigenvalue weighted by Gasteiger charge is 2.32. The Hall–Kier alpha value is -1.27. The number of ether oxygens (including phenoxy) is 1. The van der Waals surface area contributed by atoms with Crippen LogP contribution in [0, 0.1) is 0 Å². The van der Waals surface area contributed by atoms with Gasteiger partial charge in [0.05, 0.1) is 0 Å². The summed E-state index contributed by atoms with van der Waals surface area (Å²) < 4.78 is 40.2. The average molecular weight is 304 g/mol. The van der Waals surface area contributed by atoms with Crippen LogP contribution in [0.5, 0.6) is 5.75 Å². The highest BCUT2D eigenvalue weighted by molar-refractivity contribution is 5.28. The Morgan fingerprint density at radius 2 is 1.67 bits per heavy atom. The monoisotopic (exact) mass is 304 g/mol. The molecule has 0 spiro atoms. The molecule has 0 fully saturated rings. The van der Waals surface area contributed by atoms with Crippen LogP contribution in [-0.4, -0.2) is 44.0 Å². The van der Waals surface area contributed by atoms with Gasteiger partial charge in [-0.3, -0.25) is 0 Å². The minimum atomic E-state index is -4.65. The lowest BCUT2D eigenvalue weighted by Gasteiger charge is -2.40. The van der Waals surface area contributed by atoms with Crippen LogP contribution in [0.4, 0.5) is 13.2 Å². The van der Waals surface area contributed by atoms with E-state index in [1.165, 1.54) is 12.1 Å². The van der Waals surface area contributed by atoms with Crippen LogP contribution < -0.4 is 10.1 Å². The quantitative estimate of drug-likeness (QED) is 0.874. The van der Waals surface area contributed by atoms with Crippen LogP contribution in [0.1, 0.15) is 19.4 Å². The second-order valence-electron chi connectivity index (χ2n) is 5.79. The summed E-state index contributed by atoms with van der Waals surface area (Å²) in [5, 5.41) is 3.27. The van der Waals surface area contributed by atoms with Crippen LogP contribution in [0.25, 0.3) is 0 Å². The Morgan fingerprint density at radius 1 is 1.14 bits per heavy atom. The molecular formula is C15H23F3N2O. The summed E-state index contributed by atoms with van der Waals surface area (Å²) in [5.74, 6) is -0.195. The molecule has 0 aromatic heterocycles. The Labute approximate surface area is 124 Å². The molecule has 0 saturated heterocycles. The number of nitrogens with one attached hydrogen (secondary N) is 1. The number of nitrogens with zero attached hydrogens (tertiary/aromatic N) is 1. The van der Waals surface area contributed by atoms with Crippen molar-refractivity contribution in [3.05, 3.63) is 29.8 Å². The minimum absolute atomic E-state index is 0.0874. The van der Waals surface area contributed by atoms with Gasteiger partial charge in [-0.15, -0.1) is 13.2 Å². The molecule has 0 amide bonds. The predicted molar refractivity (Wildman–Crippen MR) is 77.4 cm³/mol. The van der Waals surface area contributed by atoms with Gasteiger partial charge in [-0.1, -0.05) is 12.1 Å². The van der Waals surface area contributed by atoms with Crippen molar-refractivity contribution in [1.29, 1.82) is 0 Å². The van der Waals surface area contributed by atoms with E-state index in [0.29, 0.717) is 6.42 Å². The molecule has 0 aliphatic heterocycles. The average Bonchev–Trinajstić information content (AvgIpc) is 2.35. The lowest BCUT2D eigenvalue weighted by molar-refractivity contribution is -0.274. The Kier molecular flexibility index (Phi) is 5.64. The maximum atomic E-state index is 12.1. The van der Waals surface area contributed by atoms with Crippen molar-refractivity contribution in [2.75, 3.05) is 21.1 Å². The zero-order chi connectivity index (χ0) is 16.3. The van der Waals surface area contributed by atoms with Gasteiger partial charge in [0, 0.05) is 11.6 Å². The summed E-state index contributed by atoms with van der Waals surface area (Å²) >= 11 is 0. The van der Waals surface area contributed by atoms with Crippen LogP contribution in [0.15, 0.2) is 24.3 Å². The summed E-state index contributed by atoms with van der Waals surface area (Å²) in [6.45, 7) is 4.24. The fourth-order valence-electron chi connectivity index (χ4n) is 2.08. The smallest absolute Gasteiger partial charge is 0.406 e. The van der Waals surface area contributed by atoms with E-state index in [0.717, 1.165) is 5.56 Å². The van der Waals surface area contributed by atoms with Gasteiger partial charge >= 0.3 is 6.36 Å². The van der Waals surface area contributed by atoms with E-state index in [1.54, 1.807) is 12.1 Å². The molecule has 0 radical (unpaired) electrons. The van der Waals surface area contributed by atoms with Crippen molar-refractivity contribution in [2.24, 2.45) is 0 Å². The third-order valence-electron chi connectivity index (χ3n) is 3.95. The lowest BCUT2D eigenvalue weighted by atomic mass is 9.88. The molecule has 6 heteroatoms. The fourth-order valence-corrected chi connectivity index (χ4v) is 2.08. The van der Waals surface area contributed by atoms with Gasteiger partial charge in [-0.05, 0) is 59.1 Å². The van der Waals surface area contributed by atoms with E-state index < -0.39 is 6.36 Å². The van der Waals surface area contributed by atoms with Gasteiger partial charge < -0.3 is 15.0 Å². The molecule has 0 bridgehead atoms. The zero-order valence-electron chi connectivity index (χ0n) is 13.1. The molecule has 3 nitrogen and oxygen atoms in total. The van der Waals surface area contributed by atoms with Crippen molar-refractivity contribution in [3.63, 3.8) is 0 Å². The molecule has 1 aromatic carbocycles. The van der Waals surface area contributed by atoms with Gasteiger partial charge in [-0.2, -0.15) is 0 Å².